The van der Waals surface area contributed by atoms with E-state index in [9.17, 15) is 14.4 Å². The number of carbonyl (C=O) groups is 3. The summed E-state index contributed by atoms with van der Waals surface area (Å²) in [5.74, 6) is -1.48. The molecular formula is C21H21NO6. The van der Waals surface area contributed by atoms with E-state index in [1.165, 1.54) is 12.1 Å². The molecule has 2 amide bonds. The van der Waals surface area contributed by atoms with Gasteiger partial charge in [-0.05, 0) is 45.0 Å². The Morgan fingerprint density at radius 1 is 0.929 bits per heavy atom. The molecule has 0 saturated carbocycles. The summed E-state index contributed by atoms with van der Waals surface area (Å²) in [5.41, 5.74) is -0.327. The lowest BCUT2D eigenvalue weighted by atomic mass is 10.1. The van der Waals surface area contributed by atoms with Gasteiger partial charge in [0.15, 0.2) is 0 Å². The number of imide groups is 1. The molecule has 0 bridgehead atoms. The molecule has 1 atom stereocenters. The topological polar surface area (TPSA) is 82.1 Å². The minimum Gasteiger partial charge on any atom is -0.490 e. The third-order valence-electron chi connectivity index (χ3n) is 3.80. The predicted molar refractivity (Wildman–Crippen MR) is 99.6 cm³/mol. The van der Waals surface area contributed by atoms with Crippen molar-refractivity contribution in [3.8, 4) is 5.75 Å². The van der Waals surface area contributed by atoms with Gasteiger partial charge in [0.1, 0.15) is 18.0 Å². The molecule has 1 unspecified atom stereocenters. The van der Waals surface area contributed by atoms with Gasteiger partial charge in [-0.2, -0.15) is 0 Å². The quantitative estimate of drug-likeness (QED) is 0.563. The van der Waals surface area contributed by atoms with E-state index in [0.717, 1.165) is 0 Å². The Morgan fingerprint density at radius 2 is 1.46 bits per heavy atom. The fourth-order valence-electron chi connectivity index (χ4n) is 2.59. The molecule has 0 aliphatic carbocycles. The predicted octanol–water partition coefficient (Wildman–Crippen LogP) is 3.00. The van der Waals surface area contributed by atoms with E-state index in [4.69, 9.17) is 14.3 Å². The van der Waals surface area contributed by atoms with Crippen molar-refractivity contribution in [3.05, 3.63) is 65.7 Å². The summed E-state index contributed by atoms with van der Waals surface area (Å²) in [7, 11) is 0. The maximum atomic E-state index is 12.6. The van der Waals surface area contributed by atoms with Crippen LogP contribution in [0.4, 0.5) is 0 Å². The van der Waals surface area contributed by atoms with Crippen LogP contribution in [0.5, 0.6) is 5.75 Å². The van der Waals surface area contributed by atoms with Crippen LogP contribution in [-0.2, 0) is 14.4 Å². The Hall–Kier alpha value is -3.19. The largest absolute Gasteiger partial charge is 0.490 e. The van der Waals surface area contributed by atoms with Gasteiger partial charge in [-0.3, -0.25) is 9.59 Å². The van der Waals surface area contributed by atoms with Crippen LogP contribution in [-0.4, -0.2) is 41.2 Å². The highest BCUT2D eigenvalue weighted by atomic mass is 16.7. The molecule has 1 heterocycles. The van der Waals surface area contributed by atoms with E-state index in [0.29, 0.717) is 10.8 Å². The summed E-state index contributed by atoms with van der Waals surface area (Å²) in [6.45, 7) is 4.90. The van der Waals surface area contributed by atoms with Gasteiger partial charge in [-0.25, -0.2) is 9.63 Å². The maximum Gasteiger partial charge on any atom is 0.342 e. The molecule has 0 spiro atoms. The van der Waals surface area contributed by atoms with Gasteiger partial charge >= 0.3 is 5.97 Å². The summed E-state index contributed by atoms with van der Waals surface area (Å²) in [5, 5.41) is 0.591. The average Bonchev–Trinajstić information content (AvgIpc) is 2.89. The molecule has 0 radical (unpaired) electrons. The third-order valence-corrected chi connectivity index (χ3v) is 3.80. The minimum absolute atomic E-state index is 0.222. The van der Waals surface area contributed by atoms with Crippen LogP contribution in [0.2, 0.25) is 0 Å². The van der Waals surface area contributed by atoms with Crippen molar-refractivity contribution < 1.29 is 28.7 Å². The van der Waals surface area contributed by atoms with E-state index in [1.54, 1.807) is 57.2 Å². The molecule has 2 aromatic carbocycles. The van der Waals surface area contributed by atoms with Gasteiger partial charge in [0, 0.05) is 0 Å². The number of nitrogens with zero attached hydrogens (tertiary/aromatic N) is 1. The first-order chi connectivity index (χ1) is 13.3. The number of amides is 2. The first-order valence-electron chi connectivity index (χ1n) is 8.81. The van der Waals surface area contributed by atoms with Crippen LogP contribution in [0.25, 0.3) is 0 Å². The molecule has 1 aliphatic heterocycles. The van der Waals surface area contributed by atoms with E-state index in [1.807, 2.05) is 6.07 Å². The van der Waals surface area contributed by atoms with E-state index >= 15 is 0 Å². The normalized spacial score (nSPS) is 14.6. The third kappa shape index (κ3) is 4.37. The standard InChI is InChI=1S/C21H21NO6/c1-21(2,3)27-20(25)17(13-26-14-9-5-4-6-10-14)28-22-18(23)15-11-7-8-12-16(15)19(22)24/h4-12,17H,13H2,1-3H3. The fraction of sp³-hybridized carbons (Fsp3) is 0.286. The highest BCUT2D eigenvalue weighted by Crippen LogP contribution is 2.24. The first kappa shape index (κ1) is 19.6. The van der Waals surface area contributed by atoms with Crippen LogP contribution in [0.1, 0.15) is 41.5 Å². The number of hydrogen-bond donors (Lipinski definition) is 0. The van der Waals surface area contributed by atoms with Crippen LogP contribution >= 0.6 is 0 Å². The second-order valence-electron chi connectivity index (χ2n) is 7.20. The Kier molecular flexibility index (Phi) is 5.46. The fourth-order valence-corrected chi connectivity index (χ4v) is 2.59. The summed E-state index contributed by atoms with van der Waals surface area (Å²) in [6.07, 6.45) is -1.30. The highest BCUT2D eigenvalue weighted by Gasteiger charge is 2.40. The van der Waals surface area contributed by atoms with Crippen molar-refractivity contribution in [2.24, 2.45) is 0 Å². The number of ether oxygens (including phenoxy) is 2. The number of rotatable bonds is 6. The van der Waals surface area contributed by atoms with Gasteiger partial charge < -0.3 is 9.47 Å². The molecule has 1 aliphatic rings. The monoisotopic (exact) mass is 383 g/mol. The Bertz CT molecular complexity index is 852. The second-order valence-corrected chi connectivity index (χ2v) is 7.20. The molecule has 3 rings (SSSR count). The molecule has 7 nitrogen and oxygen atoms in total. The van der Waals surface area contributed by atoms with Crippen molar-refractivity contribution in [1.29, 1.82) is 0 Å². The summed E-state index contributed by atoms with van der Waals surface area (Å²) < 4.78 is 10.9. The number of hydroxylamine groups is 2. The summed E-state index contributed by atoms with van der Waals surface area (Å²) in [6, 6.07) is 15.2. The molecular weight excluding hydrogens is 362 g/mol. The Morgan fingerprint density at radius 3 is 2.00 bits per heavy atom. The molecule has 146 valence electrons. The molecule has 0 aromatic heterocycles. The van der Waals surface area contributed by atoms with Gasteiger partial charge in [0.05, 0.1) is 11.1 Å². The molecule has 0 saturated heterocycles. The van der Waals surface area contributed by atoms with Crippen LogP contribution in [0.15, 0.2) is 54.6 Å². The number of para-hydroxylation sites is 1. The second kappa shape index (κ2) is 7.82. The van der Waals surface area contributed by atoms with Crippen molar-refractivity contribution in [2.45, 2.75) is 32.5 Å². The lowest BCUT2D eigenvalue weighted by Gasteiger charge is -2.25. The first-order valence-corrected chi connectivity index (χ1v) is 8.81. The van der Waals surface area contributed by atoms with Crippen LogP contribution < -0.4 is 4.74 Å². The van der Waals surface area contributed by atoms with Gasteiger partial charge in [0.25, 0.3) is 11.8 Å². The summed E-state index contributed by atoms with van der Waals surface area (Å²) in [4.78, 5) is 43.1. The molecule has 0 fully saturated rings. The molecule has 28 heavy (non-hydrogen) atoms. The van der Waals surface area contributed by atoms with Crippen LogP contribution in [0.3, 0.4) is 0 Å². The number of carbonyl (C=O) groups excluding carboxylic acids is 3. The number of benzene rings is 2. The van der Waals surface area contributed by atoms with Crippen LogP contribution in [0, 0.1) is 0 Å². The molecule has 7 heteroatoms. The maximum absolute atomic E-state index is 12.6. The van der Waals surface area contributed by atoms with Crippen molar-refractivity contribution in [2.75, 3.05) is 6.61 Å². The Labute approximate surface area is 162 Å². The lowest BCUT2D eigenvalue weighted by molar-refractivity contribution is -0.193. The number of fused-ring (bicyclic) bond motifs is 1. The smallest absolute Gasteiger partial charge is 0.342 e. The van der Waals surface area contributed by atoms with Gasteiger partial charge in [-0.15, -0.1) is 5.06 Å². The lowest BCUT2D eigenvalue weighted by Crippen LogP contribution is -2.43. The number of hydrogen-bond acceptors (Lipinski definition) is 6. The van der Waals surface area contributed by atoms with Crippen molar-refractivity contribution in [1.82, 2.24) is 5.06 Å². The zero-order valence-electron chi connectivity index (χ0n) is 15.9. The van der Waals surface area contributed by atoms with Gasteiger partial charge in [0.2, 0.25) is 6.10 Å². The van der Waals surface area contributed by atoms with Gasteiger partial charge in [-0.1, -0.05) is 30.3 Å². The zero-order valence-corrected chi connectivity index (χ0v) is 15.9. The minimum atomic E-state index is -1.30. The Balaban J connectivity index is 1.78. The van der Waals surface area contributed by atoms with E-state index in [2.05, 4.69) is 0 Å². The molecule has 2 aromatic rings. The highest BCUT2D eigenvalue weighted by molar-refractivity contribution is 6.20. The summed E-state index contributed by atoms with van der Waals surface area (Å²) >= 11 is 0. The van der Waals surface area contributed by atoms with Crippen molar-refractivity contribution in [3.63, 3.8) is 0 Å². The zero-order chi connectivity index (χ0) is 20.3. The molecule has 0 N–H and O–H groups in total. The van der Waals surface area contributed by atoms with E-state index in [-0.39, 0.29) is 17.7 Å². The van der Waals surface area contributed by atoms with E-state index < -0.39 is 29.5 Å². The average molecular weight is 383 g/mol. The van der Waals surface area contributed by atoms with Crippen molar-refractivity contribution >= 4 is 17.8 Å². The number of esters is 1. The SMILES string of the molecule is CC(C)(C)OC(=O)C(COc1ccccc1)ON1C(=O)c2ccccc2C1=O.